The van der Waals surface area contributed by atoms with Crippen LogP contribution in [0, 0.1) is 6.92 Å². The lowest BCUT2D eigenvalue weighted by Crippen LogP contribution is -2.07. The summed E-state index contributed by atoms with van der Waals surface area (Å²) in [6, 6.07) is 14.8. The zero-order chi connectivity index (χ0) is 14.7. The van der Waals surface area contributed by atoms with Crippen molar-refractivity contribution in [3.05, 3.63) is 53.6 Å². The third kappa shape index (κ3) is 3.30. The minimum atomic E-state index is 0.245. The SMILES string of the molecule is Cc1cccc(C(C)Nc2ccc3c(c2)OCCCO3)c1. The summed E-state index contributed by atoms with van der Waals surface area (Å²) >= 11 is 0. The zero-order valence-electron chi connectivity index (χ0n) is 12.6. The first-order valence-electron chi connectivity index (χ1n) is 7.45. The molecular weight excluding hydrogens is 262 g/mol. The van der Waals surface area contributed by atoms with Gasteiger partial charge in [0.1, 0.15) is 0 Å². The Kier molecular flexibility index (Phi) is 4.00. The van der Waals surface area contributed by atoms with Crippen molar-refractivity contribution in [3.8, 4) is 11.5 Å². The van der Waals surface area contributed by atoms with E-state index in [-0.39, 0.29) is 6.04 Å². The second kappa shape index (κ2) is 6.08. The maximum absolute atomic E-state index is 5.73. The fourth-order valence-corrected chi connectivity index (χ4v) is 2.53. The lowest BCUT2D eigenvalue weighted by atomic mass is 10.1. The average Bonchev–Trinajstić information content (AvgIpc) is 2.72. The number of hydrogen-bond donors (Lipinski definition) is 1. The summed E-state index contributed by atoms with van der Waals surface area (Å²) < 4.78 is 11.4. The summed E-state index contributed by atoms with van der Waals surface area (Å²) in [6.45, 7) is 5.71. The molecule has 0 radical (unpaired) electrons. The molecule has 1 aliphatic heterocycles. The maximum atomic E-state index is 5.73. The van der Waals surface area contributed by atoms with Crippen molar-refractivity contribution in [2.45, 2.75) is 26.3 Å². The van der Waals surface area contributed by atoms with Crippen LogP contribution < -0.4 is 14.8 Å². The van der Waals surface area contributed by atoms with Gasteiger partial charge in [0, 0.05) is 24.2 Å². The van der Waals surface area contributed by atoms with Crippen molar-refractivity contribution < 1.29 is 9.47 Å². The van der Waals surface area contributed by atoms with E-state index < -0.39 is 0 Å². The first-order valence-corrected chi connectivity index (χ1v) is 7.45. The summed E-state index contributed by atoms with van der Waals surface area (Å²) in [7, 11) is 0. The van der Waals surface area contributed by atoms with Crippen LogP contribution in [0.2, 0.25) is 0 Å². The van der Waals surface area contributed by atoms with E-state index in [2.05, 4.69) is 43.4 Å². The van der Waals surface area contributed by atoms with Gasteiger partial charge in [-0.1, -0.05) is 29.8 Å². The van der Waals surface area contributed by atoms with Gasteiger partial charge in [-0.15, -0.1) is 0 Å². The fraction of sp³-hybridized carbons (Fsp3) is 0.333. The zero-order valence-corrected chi connectivity index (χ0v) is 12.6. The molecule has 0 bridgehead atoms. The Morgan fingerprint density at radius 2 is 1.81 bits per heavy atom. The van der Waals surface area contributed by atoms with Gasteiger partial charge < -0.3 is 14.8 Å². The fourth-order valence-electron chi connectivity index (χ4n) is 2.53. The van der Waals surface area contributed by atoms with Gasteiger partial charge in [-0.2, -0.15) is 0 Å². The summed E-state index contributed by atoms with van der Waals surface area (Å²) in [4.78, 5) is 0. The van der Waals surface area contributed by atoms with Crippen molar-refractivity contribution in [3.63, 3.8) is 0 Å². The molecule has 110 valence electrons. The highest BCUT2D eigenvalue weighted by molar-refractivity contribution is 5.56. The standard InChI is InChI=1S/C18H21NO2/c1-13-5-3-6-15(11-13)14(2)19-16-7-8-17-18(12-16)21-10-4-9-20-17/h3,5-8,11-12,14,19H,4,9-10H2,1-2H3. The summed E-state index contributed by atoms with van der Waals surface area (Å²) in [5.74, 6) is 1.66. The second-order valence-electron chi connectivity index (χ2n) is 5.49. The Bertz CT molecular complexity index is 624. The van der Waals surface area contributed by atoms with Gasteiger partial charge in [-0.3, -0.25) is 0 Å². The van der Waals surface area contributed by atoms with E-state index in [9.17, 15) is 0 Å². The van der Waals surface area contributed by atoms with Crippen LogP contribution in [0.5, 0.6) is 11.5 Å². The Balaban J connectivity index is 1.77. The number of anilines is 1. The molecule has 0 aromatic heterocycles. The lowest BCUT2D eigenvalue weighted by molar-refractivity contribution is 0.297. The van der Waals surface area contributed by atoms with Crippen LogP contribution in [0.4, 0.5) is 5.69 Å². The highest BCUT2D eigenvalue weighted by atomic mass is 16.5. The molecule has 1 N–H and O–H groups in total. The monoisotopic (exact) mass is 283 g/mol. The number of fused-ring (bicyclic) bond motifs is 1. The van der Waals surface area contributed by atoms with Crippen LogP contribution >= 0.6 is 0 Å². The molecule has 0 saturated heterocycles. The summed E-state index contributed by atoms with van der Waals surface area (Å²) in [5, 5.41) is 3.52. The topological polar surface area (TPSA) is 30.5 Å². The van der Waals surface area contributed by atoms with Gasteiger partial charge >= 0.3 is 0 Å². The smallest absolute Gasteiger partial charge is 0.163 e. The molecule has 1 unspecified atom stereocenters. The molecule has 1 aliphatic rings. The molecule has 3 heteroatoms. The van der Waals surface area contributed by atoms with E-state index in [4.69, 9.17) is 9.47 Å². The van der Waals surface area contributed by atoms with E-state index in [0.717, 1.165) is 30.2 Å². The van der Waals surface area contributed by atoms with Gasteiger partial charge in [-0.05, 0) is 31.5 Å². The second-order valence-corrected chi connectivity index (χ2v) is 5.49. The van der Waals surface area contributed by atoms with Crippen LogP contribution in [-0.4, -0.2) is 13.2 Å². The van der Waals surface area contributed by atoms with Crippen molar-refractivity contribution in [2.75, 3.05) is 18.5 Å². The predicted octanol–water partition coefficient (Wildman–Crippen LogP) is 4.33. The van der Waals surface area contributed by atoms with Crippen molar-refractivity contribution in [1.82, 2.24) is 0 Å². The van der Waals surface area contributed by atoms with E-state index >= 15 is 0 Å². The van der Waals surface area contributed by atoms with Gasteiger partial charge in [0.2, 0.25) is 0 Å². The van der Waals surface area contributed by atoms with Crippen LogP contribution in [0.3, 0.4) is 0 Å². The van der Waals surface area contributed by atoms with Crippen LogP contribution in [-0.2, 0) is 0 Å². The molecule has 0 amide bonds. The third-order valence-corrected chi connectivity index (χ3v) is 3.67. The quantitative estimate of drug-likeness (QED) is 0.909. The van der Waals surface area contributed by atoms with Crippen molar-refractivity contribution in [1.29, 1.82) is 0 Å². The molecule has 2 aromatic rings. The normalized spacial score (nSPS) is 15.1. The van der Waals surface area contributed by atoms with Gasteiger partial charge in [-0.25, -0.2) is 0 Å². The van der Waals surface area contributed by atoms with Crippen LogP contribution in [0.1, 0.15) is 30.5 Å². The number of ether oxygens (including phenoxy) is 2. The largest absolute Gasteiger partial charge is 0.490 e. The van der Waals surface area contributed by atoms with Crippen LogP contribution in [0.25, 0.3) is 0 Å². The molecule has 1 heterocycles. The molecule has 3 rings (SSSR count). The summed E-state index contributed by atoms with van der Waals surface area (Å²) in [6.07, 6.45) is 0.928. The molecule has 0 saturated carbocycles. The Morgan fingerprint density at radius 1 is 1.00 bits per heavy atom. The predicted molar refractivity (Wildman–Crippen MR) is 85.3 cm³/mol. The average molecular weight is 283 g/mol. The number of rotatable bonds is 3. The van der Waals surface area contributed by atoms with Crippen molar-refractivity contribution >= 4 is 5.69 Å². The minimum Gasteiger partial charge on any atom is -0.490 e. The van der Waals surface area contributed by atoms with Crippen LogP contribution in [0.15, 0.2) is 42.5 Å². The Labute approximate surface area is 125 Å². The van der Waals surface area contributed by atoms with E-state index in [0.29, 0.717) is 6.61 Å². The Hall–Kier alpha value is -2.16. The first-order chi connectivity index (χ1) is 10.2. The van der Waals surface area contributed by atoms with E-state index in [1.807, 2.05) is 18.2 Å². The Morgan fingerprint density at radius 3 is 2.62 bits per heavy atom. The number of hydrogen-bond acceptors (Lipinski definition) is 3. The molecule has 0 aliphatic carbocycles. The lowest BCUT2D eigenvalue weighted by Gasteiger charge is -2.17. The molecule has 21 heavy (non-hydrogen) atoms. The van der Waals surface area contributed by atoms with Gasteiger partial charge in [0.05, 0.1) is 13.2 Å². The highest BCUT2D eigenvalue weighted by Gasteiger charge is 2.12. The molecule has 1 atom stereocenters. The maximum Gasteiger partial charge on any atom is 0.163 e. The number of benzene rings is 2. The third-order valence-electron chi connectivity index (χ3n) is 3.67. The molecule has 0 spiro atoms. The number of aryl methyl sites for hydroxylation is 1. The van der Waals surface area contributed by atoms with E-state index in [1.165, 1.54) is 11.1 Å². The van der Waals surface area contributed by atoms with Crippen molar-refractivity contribution in [2.24, 2.45) is 0 Å². The van der Waals surface area contributed by atoms with Gasteiger partial charge in [0.25, 0.3) is 0 Å². The van der Waals surface area contributed by atoms with E-state index in [1.54, 1.807) is 0 Å². The highest BCUT2D eigenvalue weighted by Crippen LogP contribution is 2.33. The molecule has 2 aromatic carbocycles. The molecular formula is C18H21NO2. The molecule has 0 fully saturated rings. The summed E-state index contributed by atoms with van der Waals surface area (Å²) in [5.41, 5.74) is 3.61. The first kappa shape index (κ1) is 13.8. The molecule has 3 nitrogen and oxygen atoms in total. The number of nitrogens with one attached hydrogen (secondary N) is 1. The minimum absolute atomic E-state index is 0.245. The van der Waals surface area contributed by atoms with Gasteiger partial charge in [0.15, 0.2) is 11.5 Å².